The number of anilines is 2. The molecule has 0 amide bonds. The van der Waals surface area contributed by atoms with Gasteiger partial charge in [0.1, 0.15) is 11.6 Å². The van der Waals surface area contributed by atoms with Gasteiger partial charge in [-0.2, -0.15) is 0 Å². The molecule has 0 aromatic heterocycles. The molecule has 0 spiro atoms. The van der Waals surface area contributed by atoms with E-state index in [0.29, 0.717) is 11.7 Å². The van der Waals surface area contributed by atoms with Crippen LogP contribution in [-0.4, -0.2) is 24.7 Å². The molecule has 3 rings (SSSR count). The molecule has 6 heteroatoms. The number of para-hydroxylation sites is 1. The van der Waals surface area contributed by atoms with Crippen molar-refractivity contribution in [1.29, 1.82) is 0 Å². The van der Waals surface area contributed by atoms with Crippen molar-refractivity contribution < 1.29 is 8.78 Å². The van der Waals surface area contributed by atoms with Crippen molar-refractivity contribution in [1.82, 2.24) is 5.32 Å². The predicted octanol–water partition coefficient (Wildman–Crippen LogP) is 4.09. The van der Waals surface area contributed by atoms with Gasteiger partial charge in [0.05, 0.1) is 5.69 Å². The molecule has 0 radical (unpaired) electrons. The summed E-state index contributed by atoms with van der Waals surface area (Å²) in [5.41, 5.74) is 2.90. The third-order valence-corrected chi connectivity index (χ3v) is 4.52. The summed E-state index contributed by atoms with van der Waals surface area (Å²) in [6.07, 6.45) is 3.23. The Morgan fingerprint density at radius 3 is 2.84 bits per heavy atom. The van der Waals surface area contributed by atoms with Gasteiger partial charge < -0.3 is 15.5 Å². The first-order valence-electron chi connectivity index (χ1n) is 8.46. The first-order chi connectivity index (χ1) is 12.1. The van der Waals surface area contributed by atoms with E-state index in [1.165, 1.54) is 29.8 Å². The number of benzene rings is 2. The molecule has 1 aliphatic rings. The summed E-state index contributed by atoms with van der Waals surface area (Å²) in [4.78, 5) is 2.40. The largest absolute Gasteiger partial charge is 0.371 e. The summed E-state index contributed by atoms with van der Waals surface area (Å²) in [7, 11) is 0. The second kappa shape index (κ2) is 8.25. The van der Waals surface area contributed by atoms with E-state index in [2.05, 4.69) is 39.8 Å². The molecule has 132 valence electrons. The number of rotatable bonds is 5. The van der Waals surface area contributed by atoms with E-state index in [1.54, 1.807) is 0 Å². The molecule has 2 aromatic carbocycles. The third-order valence-electron chi connectivity index (χ3n) is 4.28. The Balaban J connectivity index is 1.44. The van der Waals surface area contributed by atoms with Crippen LogP contribution in [0.5, 0.6) is 0 Å². The van der Waals surface area contributed by atoms with Crippen molar-refractivity contribution in [3.05, 3.63) is 59.7 Å². The van der Waals surface area contributed by atoms with Crippen LogP contribution in [0, 0.1) is 11.6 Å². The minimum absolute atomic E-state index is 0.170. The number of aryl methyl sites for hydroxylation is 1. The molecule has 0 fully saturated rings. The lowest BCUT2D eigenvalue weighted by Crippen LogP contribution is -2.34. The molecule has 1 heterocycles. The highest BCUT2D eigenvalue weighted by atomic mass is 32.1. The van der Waals surface area contributed by atoms with Gasteiger partial charge in [0.15, 0.2) is 5.11 Å². The number of hydrogen-bond donors (Lipinski definition) is 2. The van der Waals surface area contributed by atoms with Gasteiger partial charge in [-0.15, -0.1) is 0 Å². The third kappa shape index (κ3) is 4.66. The standard InChI is InChI=1S/C19H21F2N3S/c20-15-8-9-17(16(21)13-15)23-19(25)22-10-4-12-24-11-3-6-14-5-1-2-7-18(14)24/h1-2,5,7-9,13H,3-4,6,10-12H2,(H2,22,23,25). The van der Waals surface area contributed by atoms with E-state index in [9.17, 15) is 8.78 Å². The fourth-order valence-corrected chi connectivity index (χ4v) is 3.29. The molecule has 1 aliphatic heterocycles. The van der Waals surface area contributed by atoms with Gasteiger partial charge in [-0.25, -0.2) is 8.78 Å². The van der Waals surface area contributed by atoms with E-state index in [-0.39, 0.29) is 5.69 Å². The van der Waals surface area contributed by atoms with E-state index < -0.39 is 11.6 Å². The van der Waals surface area contributed by atoms with Gasteiger partial charge in [0.25, 0.3) is 0 Å². The van der Waals surface area contributed by atoms with Crippen molar-refractivity contribution in [2.45, 2.75) is 19.3 Å². The van der Waals surface area contributed by atoms with Crippen LogP contribution in [0.3, 0.4) is 0 Å². The maximum Gasteiger partial charge on any atom is 0.170 e. The topological polar surface area (TPSA) is 27.3 Å². The van der Waals surface area contributed by atoms with E-state index >= 15 is 0 Å². The van der Waals surface area contributed by atoms with Gasteiger partial charge in [-0.05, 0) is 55.2 Å². The monoisotopic (exact) mass is 361 g/mol. The average molecular weight is 361 g/mol. The molecule has 2 aromatic rings. The zero-order chi connectivity index (χ0) is 17.6. The first-order valence-corrected chi connectivity index (χ1v) is 8.87. The van der Waals surface area contributed by atoms with Gasteiger partial charge in [0, 0.05) is 31.4 Å². The van der Waals surface area contributed by atoms with Crippen LogP contribution < -0.4 is 15.5 Å². The van der Waals surface area contributed by atoms with E-state index in [1.807, 2.05) is 0 Å². The van der Waals surface area contributed by atoms with Crippen molar-refractivity contribution in [3.8, 4) is 0 Å². The number of fused-ring (bicyclic) bond motifs is 1. The minimum atomic E-state index is -0.658. The fraction of sp³-hybridized carbons (Fsp3) is 0.316. The quantitative estimate of drug-likeness (QED) is 0.619. The summed E-state index contributed by atoms with van der Waals surface area (Å²) in [5, 5.41) is 6.16. The van der Waals surface area contributed by atoms with Crippen molar-refractivity contribution in [3.63, 3.8) is 0 Å². The van der Waals surface area contributed by atoms with Gasteiger partial charge >= 0.3 is 0 Å². The molecule has 0 saturated heterocycles. The number of halogens is 2. The Kier molecular flexibility index (Phi) is 5.81. The highest BCUT2D eigenvalue weighted by molar-refractivity contribution is 7.80. The Morgan fingerprint density at radius 1 is 1.16 bits per heavy atom. The Bertz CT molecular complexity index is 751. The van der Waals surface area contributed by atoms with Gasteiger partial charge in [0.2, 0.25) is 0 Å². The number of nitrogens with one attached hydrogen (secondary N) is 2. The van der Waals surface area contributed by atoms with Crippen LogP contribution in [0.4, 0.5) is 20.2 Å². The van der Waals surface area contributed by atoms with Gasteiger partial charge in [-0.3, -0.25) is 0 Å². The maximum atomic E-state index is 13.6. The maximum absolute atomic E-state index is 13.6. The smallest absolute Gasteiger partial charge is 0.170 e. The van der Waals surface area contributed by atoms with Crippen molar-refractivity contribution in [2.24, 2.45) is 0 Å². The zero-order valence-corrected chi connectivity index (χ0v) is 14.7. The highest BCUT2D eigenvalue weighted by Gasteiger charge is 2.15. The lowest BCUT2D eigenvalue weighted by Gasteiger charge is -2.31. The van der Waals surface area contributed by atoms with Crippen LogP contribution in [0.25, 0.3) is 0 Å². The van der Waals surface area contributed by atoms with Gasteiger partial charge in [-0.1, -0.05) is 18.2 Å². The minimum Gasteiger partial charge on any atom is -0.371 e. The van der Waals surface area contributed by atoms with Crippen molar-refractivity contribution in [2.75, 3.05) is 29.9 Å². The van der Waals surface area contributed by atoms with Crippen molar-refractivity contribution >= 4 is 28.7 Å². The molecule has 0 saturated carbocycles. The van der Waals surface area contributed by atoms with Crippen LogP contribution in [0.15, 0.2) is 42.5 Å². The normalized spacial score (nSPS) is 13.3. The molecule has 0 aliphatic carbocycles. The first kappa shape index (κ1) is 17.6. The van der Waals surface area contributed by atoms with E-state index in [0.717, 1.165) is 32.0 Å². The zero-order valence-electron chi connectivity index (χ0n) is 13.9. The molecule has 2 N–H and O–H groups in total. The molecular formula is C19H21F2N3S. The average Bonchev–Trinajstić information content (AvgIpc) is 2.61. The van der Waals surface area contributed by atoms with Crippen LogP contribution in [0.1, 0.15) is 18.4 Å². The lowest BCUT2D eigenvalue weighted by atomic mass is 10.0. The number of thiocarbonyl (C=S) groups is 1. The second-order valence-corrected chi connectivity index (χ2v) is 6.49. The van der Waals surface area contributed by atoms with Crippen LogP contribution >= 0.6 is 12.2 Å². The summed E-state index contributed by atoms with van der Waals surface area (Å²) in [6, 6.07) is 11.9. The molecule has 25 heavy (non-hydrogen) atoms. The molecule has 0 unspecified atom stereocenters. The molecular weight excluding hydrogens is 340 g/mol. The Hall–Kier alpha value is -2.21. The van der Waals surface area contributed by atoms with Crippen LogP contribution in [-0.2, 0) is 6.42 Å². The molecule has 0 atom stereocenters. The molecule has 0 bridgehead atoms. The van der Waals surface area contributed by atoms with Crippen LogP contribution in [0.2, 0.25) is 0 Å². The lowest BCUT2D eigenvalue weighted by molar-refractivity contribution is 0.586. The second-order valence-electron chi connectivity index (χ2n) is 6.08. The van der Waals surface area contributed by atoms with E-state index in [4.69, 9.17) is 12.2 Å². The Labute approximate surface area is 152 Å². The number of nitrogens with zero attached hydrogens (tertiary/aromatic N) is 1. The molecule has 3 nitrogen and oxygen atoms in total. The summed E-state index contributed by atoms with van der Waals surface area (Å²) in [5.74, 6) is -1.27. The fourth-order valence-electron chi connectivity index (χ4n) is 3.07. The SMILES string of the molecule is Fc1ccc(NC(=S)NCCCN2CCCc3ccccc32)c(F)c1. The highest BCUT2D eigenvalue weighted by Crippen LogP contribution is 2.26. The predicted molar refractivity (Wildman–Crippen MR) is 102 cm³/mol. The summed E-state index contributed by atoms with van der Waals surface area (Å²) >= 11 is 5.17. The Morgan fingerprint density at radius 2 is 2.00 bits per heavy atom. The summed E-state index contributed by atoms with van der Waals surface area (Å²) in [6.45, 7) is 2.70. The summed E-state index contributed by atoms with van der Waals surface area (Å²) < 4.78 is 26.5. The number of hydrogen-bond acceptors (Lipinski definition) is 2.